The van der Waals surface area contributed by atoms with Crippen molar-refractivity contribution in [1.82, 2.24) is 0 Å². The van der Waals surface area contributed by atoms with Crippen LogP contribution in [-0.2, 0) is 14.3 Å². The van der Waals surface area contributed by atoms with E-state index in [4.69, 9.17) is 9.47 Å². The molecule has 2 aromatic rings. The fourth-order valence-corrected chi connectivity index (χ4v) is 4.41. The summed E-state index contributed by atoms with van der Waals surface area (Å²) >= 11 is 1.46. The minimum atomic E-state index is -0.641. The number of ketones is 2. The van der Waals surface area contributed by atoms with Crippen LogP contribution in [0.2, 0.25) is 0 Å². The predicted octanol–water partition coefficient (Wildman–Crippen LogP) is 3.91. The lowest BCUT2D eigenvalue weighted by Gasteiger charge is -2.35. The summed E-state index contributed by atoms with van der Waals surface area (Å²) in [4.78, 5) is 39.0. The number of esters is 1. The van der Waals surface area contributed by atoms with Gasteiger partial charge in [0.25, 0.3) is 0 Å². The number of thiophene rings is 1. The third kappa shape index (κ3) is 3.15. The van der Waals surface area contributed by atoms with Crippen molar-refractivity contribution in [2.24, 2.45) is 0 Å². The van der Waals surface area contributed by atoms with E-state index in [1.807, 2.05) is 17.5 Å². The molecule has 0 spiro atoms. The van der Waals surface area contributed by atoms with Crippen LogP contribution in [0.25, 0.3) is 0 Å². The number of fused-ring (bicyclic) bond motifs is 1. The second-order valence-corrected chi connectivity index (χ2v) is 7.44. The van der Waals surface area contributed by atoms with Gasteiger partial charge >= 0.3 is 5.97 Å². The van der Waals surface area contributed by atoms with Gasteiger partial charge in [-0.05, 0) is 18.4 Å². The van der Waals surface area contributed by atoms with Gasteiger partial charge in [-0.3, -0.25) is 14.4 Å². The maximum atomic E-state index is 13.2. The molecule has 1 aliphatic heterocycles. The van der Waals surface area contributed by atoms with Crippen LogP contribution in [-0.4, -0.2) is 30.2 Å². The zero-order valence-corrected chi connectivity index (χ0v) is 15.6. The number of carbonyl (C=O) groups is 3. The Balaban J connectivity index is 1.77. The molecular weight excluding hydrogens is 364 g/mol. The second-order valence-electron chi connectivity index (χ2n) is 6.46. The zero-order chi connectivity index (χ0) is 19.0. The van der Waals surface area contributed by atoms with E-state index in [0.29, 0.717) is 28.9 Å². The molecule has 5 nitrogen and oxygen atoms in total. The van der Waals surface area contributed by atoms with Crippen molar-refractivity contribution in [3.63, 3.8) is 0 Å². The van der Waals surface area contributed by atoms with Gasteiger partial charge in [-0.2, -0.15) is 0 Å². The fourth-order valence-electron chi connectivity index (χ4n) is 3.64. The van der Waals surface area contributed by atoms with Crippen molar-refractivity contribution in [3.05, 3.63) is 68.9 Å². The summed E-state index contributed by atoms with van der Waals surface area (Å²) < 4.78 is 11.2. The lowest BCUT2D eigenvalue weighted by Crippen LogP contribution is -2.35. The molecule has 4 rings (SSSR count). The highest BCUT2D eigenvalue weighted by Gasteiger charge is 2.42. The van der Waals surface area contributed by atoms with Crippen molar-refractivity contribution in [2.45, 2.75) is 32.0 Å². The minimum absolute atomic E-state index is 0.0512. The first kappa shape index (κ1) is 17.8. The monoisotopic (exact) mass is 382 g/mol. The number of ether oxygens (including phenoxy) is 2. The molecule has 0 saturated carbocycles. The molecule has 1 aromatic carbocycles. The number of benzene rings is 1. The van der Waals surface area contributed by atoms with Gasteiger partial charge in [0.1, 0.15) is 6.10 Å². The largest absolute Gasteiger partial charge is 0.466 e. The van der Waals surface area contributed by atoms with Crippen LogP contribution in [0.3, 0.4) is 0 Å². The molecule has 1 aromatic heterocycles. The molecule has 1 aliphatic carbocycles. The first-order valence-corrected chi connectivity index (χ1v) is 9.74. The first-order valence-electron chi connectivity index (χ1n) is 8.86. The van der Waals surface area contributed by atoms with Gasteiger partial charge in [0.2, 0.25) is 0 Å². The predicted molar refractivity (Wildman–Crippen MR) is 99.9 cm³/mol. The number of hydrogen-bond donors (Lipinski definition) is 0. The van der Waals surface area contributed by atoms with Crippen molar-refractivity contribution in [2.75, 3.05) is 6.61 Å². The van der Waals surface area contributed by atoms with Gasteiger partial charge in [0, 0.05) is 33.6 Å². The topological polar surface area (TPSA) is 69.7 Å². The molecule has 0 radical (unpaired) electrons. The summed E-state index contributed by atoms with van der Waals surface area (Å²) in [5.74, 6) is -0.696. The van der Waals surface area contributed by atoms with E-state index >= 15 is 0 Å². The van der Waals surface area contributed by atoms with Crippen LogP contribution in [0.15, 0.2) is 52.9 Å². The Labute approximate surface area is 160 Å². The lowest BCUT2D eigenvalue weighted by molar-refractivity contribution is -0.147. The van der Waals surface area contributed by atoms with Crippen LogP contribution < -0.4 is 0 Å². The van der Waals surface area contributed by atoms with Crippen LogP contribution in [0.5, 0.6) is 0 Å². The summed E-state index contributed by atoms with van der Waals surface area (Å²) in [6.45, 7) is 2.04. The molecular formula is C21H18O5S. The van der Waals surface area contributed by atoms with Crippen LogP contribution in [0, 0.1) is 0 Å². The molecule has 138 valence electrons. The normalized spacial score (nSPS) is 21.7. The van der Waals surface area contributed by atoms with E-state index in [9.17, 15) is 14.4 Å². The zero-order valence-electron chi connectivity index (χ0n) is 14.8. The number of carbonyl (C=O) groups excluding carboxylic acids is 3. The summed E-state index contributed by atoms with van der Waals surface area (Å²) in [6, 6.07) is 10.6. The summed E-state index contributed by atoms with van der Waals surface area (Å²) in [7, 11) is 0. The van der Waals surface area contributed by atoms with E-state index in [0.717, 1.165) is 4.88 Å². The molecule has 2 aliphatic rings. The quantitative estimate of drug-likeness (QED) is 0.750. The summed E-state index contributed by atoms with van der Waals surface area (Å²) in [5, 5.41) is 1.90. The smallest absolute Gasteiger partial charge is 0.308 e. The van der Waals surface area contributed by atoms with Crippen molar-refractivity contribution < 1.29 is 23.9 Å². The Morgan fingerprint density at radius 3 is 2.56 bits per heavy atom. The standard InChI is InChI=1S/C21H18O5S/c1-2-25-17(22)11-12-10-15-18(21(26-12)16-8-5-9-27-16)20(24)14-7-4-3-6-13(14)19(15)23/h3-9,12,21H,2,10-11H2,1H3/t12-,21+/m0/s1. The number of Topliss-reactive ketones (excluding diaryl/α,β-unsaturated/α-hetero) is 2. The van der Waals surface area contributed by atoms with Crippen LogP contribution in [0.4, 0.5) is 0 Å². The fraction of sp³-hybridized carbons (Fsp3) is 0.286. The van der Waals surface area contributed by atoms with E-state index in [2.05, 4.69) is 0 Å². The van der Waals surface area contributed by atoms with Crippen LogP contribution >= 0.6 is 11.3 Å². The maximum Gasteiger partial charge on any atom is 0.308 e. The summed E-state index contributed by atoms with van der Waals surface area (Å²) in [6.07, 6.45) is -0.861. The third-order valence-corrected chi connectivity index (χ3v) is 5.70. The van der Waals surface area contributed by atoms with E-state index in [-0.39, 0.29) is 30.4 Å². The van der Waals surface area contributed by atoms with Crippen LogP contribution in [0.1, 0.15) is 51.5 Å². The molecule has 0 N–H and O–H groups in total. The van der Waals surface area contributed by atoms with Gasteiger partial charge < -0.3 is 9.47 Å². The third-order valence-electron chi connectivity index (χ3n) is 4.78. The lowest BCUT2D eigenvalue weighted by atomic mass is 9.78. The average molecular weight is 382 g/mol. The molecule has 0 saturated heterocycles. The summed E-state index contributed by atoms with van der Waals surface area (Å²) in [5.41, 5.74) is 1.69. The number of rotatable bonds is 4. The second kappa shape index (κ2) is 7.21. The van der Waals surface area contributed by atoms with E-state index in [1.54, 1.807) is 31.2 Å². The van der Waals surface area contributed by atoms with Crippen molar-refractivity contribution >= 4 is 28.9 Å². The highest BCUT2D eigenvalue weighted by molar-refractivity contribution is 7.10. The minimum Gasteiger partial charge on any atom is -0.466 e. The van der Waals surface area contributed by atoms with E-state index < -0.39 is 12.2 Å². The van der Waals surface area contributed by atoms with Gasteiger partial charge in [0.15, 0.2) is 11.6 Å². The Kier molecular flexibility index (Phi) is 4.76. The Morgan fingerprint density at radius 2 is 1.89 bits per heavy atom. The molecule has 2 atom stereocenters. The van der Waals surface area contributed by atoms with Crippen molar-refractivity contribution in [1.29, 1.82) is 0 Å². The number of hydrogen-bond acceptors (Lipinski definition) is 6. The molecule has 0 bridgehead atoms. The van der Waals surface area contributed by atoms with Gasteiger partial charge in [-0.25, -0.2) is 0 Å². The molecule has 2 heterocycles. The highest BCUT2D eigenvalue weighted by atomic mass is 32.1. The van der Waals surface area contributed by atoms with Gasteiger partial charge in [-0.1, -0.05) is 30.3 Å². The Morgan fingerprint density at radius 1 is 1.15 bits per heavy atom. The molecule has 0 amide bonds. The van der Waals surface area contributed by atoms with Gasteiger partial charge in [0.05, 0.1) is 19.1 Å². The maximum absolute atomic E-state index is 13.2. The molecule has 27 heavy (non-hydrogen) atoms. The SMILES string of the molecule is CCOC(=O)C[C@@H]1CC2=C(C(=O)c3ccccc3C2=O)[C@@H](c2cccs2)O1. The molecule has 6 heteroatoms. The van der Waals surface area contributed by atoms with Crippen molar-refractivity contribution in [3.8, 4) is 0 Å². The first-order chi connectivity index (χ1) is 13.1. The Hall–Kier alpha value is -2.57. The Bertz CT molecular complexity index is 941. The average Bonchev–Trinajstić information content (AvgIpc) is 3.20. The van der Waals surface area contributed by atoms with E-state index in [1.165, 1.54) is 11.3 Å². The molecule has 0 fully saturated rings. The molecule has 0 unspecified atom stereocenters. The van der Waals surface area contributed by atoms with Gasteiger partial charge in [-0.15, -0.1) is 11.3 Å². The highest BCUT2D eigenvalue weighted by Crippen LogP contribution is 2.44.